The third-order valence-electron chi connectivity index (χ3n) is 2.70. The first kappa shape index (κ1) is 14.6. The summed E-state index contributed by atoms with van der Waals surface area (Å²) >= 11 is 1.54. The van der Waals surface area contributed by atoms with Crippen molar-refractivity contribution in [1.82, 2.24) is 5.32 Å². The number of thioether (sulfide) groups is 1. The minimum Gasteiger partial charge on any atom is -0.480 e. The molecule has 5 heteroatoms. The Morgan fingerprint density at radius 3 is 2.61 bits per heavy atom. The number of carbonyl (C=O) groups is 2. The van der Waals surface area contributed by atoms with E-state index in [1.807, 2.05) is 25.3 Å². The van der Waals surface area contributed by atoms with Gasteiger partial charge in [0.05, 0.1) is 0 Å². The zero-order chi connectivity index (χ0) is 13.7. The zero-order valence-corrected chi connectivity index (χ0v) is 11.5. The highest BCUT2D eigenvalue weighted by Gasteiger charge is 2.19. The molecule has 0 saturated heterocycles. The quantitative estimate of drug-likeness (QED) is 0.803. The fourth-order valence-corrected chi connectivity index (χ4v) is 1.99. The first-order valence-electron chi connectivity index (χ1n) is 5.67. The van der Waals surface area contributed by atoms with E-state index in [1.165, 1.54) is 0 Å². The van der Waals surface area contributed by atoms with Crippen LogP contribution in [0.1, 0.15) is 29.3 Å². The standard InChI is InChI=1S/C13H17NO3S/c1-4-11(13(16)17)14-12(15)10-7-9(18-3)6-5-8(10)2/h5-7,11H,4H2,1-3H3,(H,14,15)(H,16,17). The first-order valence-corrected chi connectivity index (χ1v) is 6.90. The van der Waals surface area contributed by atoms with E-state index >= 15 is 0 Å². The molecule has 0 bridgehead atoms. The number of hydrogen-bond donors (Lipinski definition) is 2. The molecule has 0 aromatic heterocycles. The van der Waals surface area contributed by atoms with Gasteiger partial charge in [0, 0.05) is 10.5 Å². The van der Waals surface area contributed by atoms with E-state index < -0.39 is 12.0 Å². The van der Waals surface area contributed by atoms with Crippen LogP contribution in [0, 0.1) is 6.92 Å². The number of carboxylic acid groups (broad SMARTS) is 1. The number of carboxylic acids is 1. The van der Waals surface area contributed by atoms with Crippen LogP contribution in [0.5, 0.6) is 0 Å². The minimum atomic E-state index is -1.01. The number of carbonyl (C=O) groups excluding carboxylic acids is 1. The predicted molar refractivity (Wildman–Crippen MR) is 72.1 cm³/mol. The molecule has 1 rings (SSSR count). The summed E-state index contributed by atoms with van der Waals surface area (Å²) in [7, 11) is 0. The molecule has 1 amide bonds. The van der Waals surface area contributed by atoms with Crippen molar-refractivity contribution in [2.24, 2.45) is 0 Å². The third kappa shape index (κ3) is 3.50. The lowest BCUT2D eigenvalue weighted by molar-refractivity contribution is -0.139. The van der Waals surface area contributed by atoms with Gasteiger partial charge in [0.1, 0.15) is 6.04 Å². The maximum absolute atomic E-state index is 12.0. The maximum Gasteiger partial charge on any atom is 0.326 e. The van der Waals surface area contributed by atoms with Gasteiger partial charge < -0.3 is 10.4 Å². The van der Waals surface area contributed by atoms with Crippen molar-refractivity contribution in [2.75, 3.05) is 6.26 Å². The fourth-order valence-electron chi connectivity index (χ4n) is 1.55. The van der Waals surface area contributed by atoms with E-state index in [9.17, 15) is 9.59 Å². The van der Waals surface area contributed by atoms with Crippen molar-refractivity contribution < 1.29 is 14.7 Å². The van der Waals surface area contributed by atoms with E-state index in [1.54, 1.807) is 24.8 Å². The van der Waals surface area contributed by atoms with Crippen LogP contribution >= 0.6 is 11.8 Å². The van der Waals surface area contributed by atoms with Crippen molar-refractivity contribution in [2.45, 2.75) is 31.2 Å². The van der Waals surface area contributed by atoms with Gasteiger partial charge in [-0.15, -0.1) is 11.8 Å². The van der Waals surface area contributed by atoms with E-state index in [2.05, 4.69) is 5.32 Å². The molecule has 0 aliphatic rings. The molecule has 1 aromatic rings. The van der Waals surface area contributed by atoms with Crippen LogP contribution in [0.15, 0.2) is 23.1 Å². The Morgan fingerprint density at radius 1 is 1.44 bits per heavy atom. The Bertz CT molecular complexity index is 460. The van der Waals surface area contributed by atoms with Gasteiger partial charge in [0.15, 0.2) is 0 Å². The molecular formula is C13H17NO3S. The Hall–Kier alpha value is -1.49. The number of rotatable bonds is 5. The SMILES string of the molecule is CCC(NC(=O)c1cc(SC)ccc1C)C(=O)O. The first-order chi connectivity index (χ1) is 8.49. The smallest absolute Gasteiger partial charge is 0.326 e. The van der Waals surface area contributed by atoms with Crippen LogP contribution in [0.25, 0.3) is 0 Å². The fraction of sp³-hybridized carbons (Fsp3) is 0.385. The van der Waals surface area contributed by atoms with E-state index in [4.69, 9.17) is 5.11 Å². The lowest BCUT2D eigenvalue weighted by Crippen LogP contribution is -2.40. The molecule has 0 heterocycles. The lowest BCUT2D eigenvalue weighted by atomic mass is 10.1. The number of nitrogens with one attached hydrogen (secondary N) is 1. The highest BCUT2D eigenvalue weighted by atomic mass is 32.2. The molecule has 18 heavy (non-hydrogen) atoms. The average Bonchev–Trinajstić information content (AvgIpc) is 2.35. The number of amides is 1. The van der Waals surface area contributed by atoms with E-state index in [0.29, 0.717) is 12.0 Å². The molecular weight excluding hydrogens is 250 g/mol. The molecule has 4 nitrogen and oxygen atoms in total. The van der Waals surface area contributed by atoms with Gasteiger partial charge in [0.2, 0.25) is 0 Å². The summed E-state index contributed by atoms with van der Waals surface area (Å²) < 4.78 is 0. The van der Waals surface area contributed by atoms with Gasteiger partial charge in [-0.1, -0.05) is 13.0 Å². The van der Waals surface area contributed by atoms with Gasteiger partial charge in [-0.3, -0.25) is 4.79 Å². The molecule has 0 aliphatic heterocycles. The number of hydrogen-bond acceptors (Lipinski definition) is 3. The van der Waals surface area contributed by atoms with Crippen molar-refractivity contribution in [1.29, 1.82) is 0 Å². The minimum absolute atomic E-state index is 0.336. The molecule has 0 radical (unpaired) electrons. The largest absolute Gasteiger partial charge is 0.480 e. The Labute approximate surface area is 111 Å². The molecule has 1 aromatic carbocycles. The number of benzene rings is 1. The highest BCUT2D eigenvalue weighted by molar-refractivity contribution is 7.98. The summed E-state index contributed by atoms with van der Waals surface area (Å²) in [6, 6.07) is 4.74. The second-order valence-electron chi connectivity index (χ2n) is 3.95. The summed E-state index contributed by atoms with van der Waals surface area (Å²) in [6.45, 7) is 3.56. The van der Waals surface area contributed by atoms with Crippen molar-refractivity contribution in [3.63, 3.8) is 0 Å². The predicted octanol–water partition coefficient (Wildman–Crippen LogP) is 2.31. The van der Waals surface area contributed by atoms with Crippen molar-refractivity contribution in [3.05, 3.63) is 29.3 Å². The molecule has 0 saturated carbocycles. The van der Waals surface area contributed by atoms with Crippen LogP contribution in [0.4, 0.5) is 0 Å². The molecule has 0 aliphatic carbocycles. The van der Waals surface area contributed by atoms with Gasteiger partial charge >= 0.3 is 5.97 Å². The van der Waals surface area contributed by atoms with E-state index in [0.717, 1.165) is 10.5 Å². The zero-order valence-electron chi connectivity index (χ0n) is 10.7. The topological polar surface area (TPSA) is 66.4 Å². The molecule has 0 fully saturated rings. The molecule has 0 spiro atoms. The summed E-state index contributed by atoms with van der Waals surface area (Å²) in [5.41, 5.74) is 1.37. The summed E-state index contributed by atoms with van der Waals surface area (Å²) in [5, 5.41) is 11.4. The molecule has 1 atom stereocenters. The van der Waals surface area contributed by atoms with Crippen molar-refractivity contribution >= 4 is 23.6 Å². The third-order valence-corrected chi connectivity index (χ3v) is 3.43. The monoisotopic (exact) mass is 267 g/mol. The molecule has 2 N–H and O–H groups in total. The normalized spacial score (nSPS) is 11.9. The van der Waals surface area contributed by atoms with Crippen LogP contribution in [-0.4, -0.2) is 29.3 Å². The lowest BCUT2D eigenvalue weighted by Gasteiger charge is -2.14. The maximum atomic E-state index is 12.0. The van der Waals surface area contributed by atoms with Gasteiger partial charge in [-0.05, 0) is 37.3 Å². The van der Waals surface area contributed by atoms with Crippen LogP contribution < -0.4 is 5.32 Å². The van der Waals surface area contributed by atoms with Crippen LogP contribution in [0.2, 0.25) is 0 Å². The van der Waals surface area contributed by atoms with Crippen molar-refractivity contribution in [3.8, 4) is 0 Å². The average molecular weight is 267 g/mol. The molecule has 98 valence electrons. The van der Waals surface area contributed by atoms with Crippen LogP contribution in [0.3, 0.4) is 0 Å². The highest BCUT2D eigenvalue weighted by Crippen LogP contribution is 2.19. The summed E-state index contributed by atoms with van der Waals surface area (Å²) in [6.07, 6.45) is 2.29. The second-order valence-corrected chi connectivity index (χ2v) is 4.83. The number of aryl methyl sites for hydroxylation is 1. The Kier molecular flexibility index (Phi) is 5.22. The van der Waals surface area contributed by atoms with Gasteiger partial charge in [-0.25, -0.2) is 4.79 Å². The van der Waals surface area contributed by atoms with Gasteiger partial charge in [-0.2, -0.15) is 0 Å². The Balaban J connectivity index is 2.93. The van der Waals surface area contributed by atoms with E-state index in [-0.39, 0.29) is 5.91 Å². The van der Waals surface area contributed by atoms with Crippen LogP contribution in [-0.2, 0) is 4.79 Å². The van der Waals surface area contributed by atoms with Gasteiger partial charge in [0.25, 0.3) is 5.91 Å². The summed E-state index contributed by atoms with van der Waals surface area (Å²) in [5.74, 6) is -1.35. The Morgan fingerprint density at radius 2 is 2.11 bits per heavy atom. The summed E-state index contributed by atoms with van der Waals surface area (Å²) in [4.78, 5) is 23.9. The second kappa shape index (κ2) is 6.44. The number of aliphatic carboxylic acids is 1. The molecule has 1 unspecified atom stereocenters.